The van der Waals surface area contributed by atoms with Crippen molar-refractivity contribution in [2.75, 3.05) is 18.5 Å². The molecule has 102 valence electrons. The number of hydrogen-bond acceptors (Lipinski definition) is 4. The molecule has 0 unspecified atom stereocenters. The lowest BCUT2D eigenvalue weighted by molar-refractivity contribution is 0.220. The third-order valence-electron chi connectivity index (χ3n) is 3.39. The van der Waals surface area contributed by atoms with Crippen molar-refractivity contribution < 1.29 is 5.11 Å². The van der Waals surface area contributed by atoms with Gasteiger partial charge in [0, 0.05) is 23.9 Å². The summed E-state index contributed by atoms with van der Waals surface area (Å²) in [7, 11) is 0. The van der Waals surface area contributed by atoms with Crippen LogP contribution in [-0.4, -0.2) is 28.5 Å². The molecule has 2 aromatic rings. The number of rotatable bonds is 5. The smallest absolute Gasteiger partial charge is 0.156 e. The van der Waals surface area contributed by atoms with Gasteiger partial charge in [-0.3, -0.25) is 0 Å². The lowest BCUT2D eigenvalue weighted by Crippen LogP contribution is -2.24. The van der Waals surface area contributed by atoms with Crippen LogP contribution in [0.2, 0.25) is 0 Å². The summed E-state index contributed by atoms with van der Waals surface area (Å²) < 4.78 is 0. The number of aryl methyl sites for hydroxylation is 1. The van der Waals surface area contributed by atoms with E-state index in [0.717, 1.165) is 35.2 Å². The Labute approximate surface area is 113 Å². The maximum Gasteiger partial charge on any atom is 0.156 e. The SMILES string of the molecule is Cc1nnc(NCC(C)(C)CCO)c2ccccc12. The highest BCUT2D eigenvalue weighted by atomic mass is 16.3. The second kappa shape index (κ2) is 5.53. The van der Waals surface area contributed by atoms with Crippen LogP contribution >= 0.6 is 0 Å². The van der Waals surface area contributed by atoms with Crippen LogP contribution in [-0.2, 0) is 0 Å². The van der Waals surface area contributed by atoms with Crippen molar-refractivity contribution in [3.63, 3.8) is 0 Å². The molecule has 2 rings (SSSR count). The third-order valence-corrected chi connectivity index (χ3v) is 3.39. The fourth-order valence-corrected chi connectivity index (χ4v) is 2.08. The molecule has 1 aromatic carbocycles. The predicted molar refractivity (Wildman–Crippen MR) is 78.2 cm³/mol. The first-order chi connectivity index (χ1) is 9.03. The first-order valence-electron chi connectivity index (χ1n) is 6.60. The maximum absolute atomic E-state index is 9.05. The zero-order valence-corrected chi connectivity index (χ0v) is 11.8. The summed E-state index contributed by atoms with van der Waals surface area (Å²) in [5.41, 5.74) is 0.971. The zero-order chi connectivity index (χ0) is 13.9. The van der Waals surface area contributed by atoms with E-state index in [2.05, 4.69) is 41.5 Å². The topological polar surface area (TPSA) is 58.0 Å². The Morgan fingerprint density at radius 3 is 2.53 bits per heavy atom. The molecule has 0 atom stereocenters. The molecule has 4 nitrogen and oxygen atoms in total. The summed E-state index contributed by atoms with van der Waals surface area (Å²) >= 11 is 0. The van der Waals surface area contributed by atoms with Crippen molar-refractivity contribution in [3.8, 4) is 0 Å². The number of aromatic nitrogens is 2. The fraction of sp³-hybridized carbons (Fsp3) is 0.467. The fourth-order valence-electron chi connectivity index (χ4n) is 2.08. The Bertz CT molecular complexity index is 566. The monoisotopic (exact) mass is 259 g/mol. The number of fused-ring (bicyclic) bond motifs is 1. The molecule has 1 heterocycles. The first kappa shape index (κ1) is 13.7. The molecule has 0 bridgehead atoms. The normalized spacial score (nSPS) is 11.8. The van der Waals surface area contributed by atoms with E-state index < -0.39 is 0 Å². The van der Waals surface area contributed by atoms with Crippen molar-refractivity contribution in [2.24, 2.45) is 5.41 Å². The average molecular weight is 259 g/mol. The molecule has 0 aliphatic rings. The van der Waals surface area contributed by atoms with E-state index in [1.54, 1.807) is 0 Å². The number of hydrogen-bond donors (Lipinski definition) is 2. The van der Waals surface area contributed by atoms with Gasteiger partial charge in [0.2, 0.25) is 0 Å². The van der Waals surface area contributed by atoms with Crippen LogP contribution in [0.3, 0.4) is 0 Å². The second-order valence-corrected chi connectivity index (χ2v) is 5.67. The van der Waals surface area contributed by atoms with Crippen LogP contribution < -0.4 is 5.32 Å². The summed E-state index contributed by atoms with van der Waals surface area (Å²) in [5.74, 6) is 0.812. The van der Waals surface area contributed by atoms with Gasteiger partial charge in [0.1, 0.15) is 0 Å². The Hall–Kier alpha value is -1.68. The van der Waals surface area contributed by atoms with Crippen molar-refractivity contribution in [1.82, 2.24) is 10.2 Å². The molecule has 1 aromatic heterocycles. The van der Waals surface area contributed by atoms with E-state index in [9.17, 15) is 0 Å². The van der Waals surface area contributed by atoms with Crippen LogP contribution in [0.5, 0.6) is 0 Å². The predicted octanol–water partition coefficient (Wildman–Crippen LogP) is 2.76. The summed E-state index contributed by atoms with van der Waals surface area (Å²) in [6.45, 7) is 7.18. The minimum absolute atomic E-state index is 0.0302. The Balaban J connectivity index is 2.24. The van der Waals surface area contributed by atoms with Crippen molar-refractivity contribution in [1.29, 1.82) is 0 Å². The molecule has 0 saturated heterocycles. The van der Waals surface area contributed by atoms with Crippen LogP contribution in [0.4, 0.5) is 5.82 Å². The number of anilines is 1. The molecule has 0 amide bonds. The van der Waals surface area contributed by atoms with Gasteiger partial charge in [-0.15, -0.1) is 5.10 Å². The van der Waals surface area contributed by atoms with E-state index in [1.165, 1.54) is 0 Å². The number of aliphatic hydroxyl groups is 1. The standard InChI is InChI=1S/C15H21N3O/c1-11-12-6-4-5-7-13(12)14(18-17-11)16-10-15(2,3)8-9-19/h4-7,19H,8-10H2,1-3H3,(H,16,18). The Morgan fingerprint density at radius 1 is 1.16 bits per heavy atom. The van der Waals surface area contributed by atoms with Crippen LogP contribution in [0.1, 0.15) is 26.0 Å². The van der Waals surface area contributed by atoms with Gasteiger partial charge in [0.15, 0.2) is 5.82 Å². The summed E-state index contributed by atoms with van der Waals surface area (Å²) in [5, 5.41) is 23.1. The molecule has 19 heavy (non-hydrogen) atoms. The maximum atomic E-state index is 9.05. The van der Waals surface area contributed by atoms with Gasteiger partial charge in [0.25, 0.3) is 0 Å². The minimum Gasteiger partial charge on any atom is -0.396 e. The zero-order valence-electron chi connectivity index (χ0n) is 11.8. The largest absolute Gasteiger partial charge is 0.396 e. The molecule has 0 fully saturated rings. The van der Waals surface area contributed by atoms with Gasteiger partial charge in [0.05, 0.1) is 5.69 Å². The van der Waals surface area contributed by atoms with Gasteiger partial charge >= 0.3 is 0 Å². The van der Waals surface area contributed by atoms with Crippen LogP contribution in [0.15, 0.2) is 24.3 Å². The molecule has 0 saturated carbocycles. The van der Waals surface area contributed by atoms with E-state index in [-0.39, 0.29) is 12.0 Å². The van der Waals surface area contributed by atoms with E-state index in [0.29, 0.717) is 0 Å². The lowest BCUT2D eigenvalue weighted by Gasteiger charge is -2.24. The summed E-state index contributed by atoms with van der Waals surface area (Å²) in [4.78, 5) is 0. The molecule has 0 radical (unpaired) electrons. The van der Waals surface area contributed by atoms with Gasteiger partial charge < -0.3 is 10.4 Å². The van der Waals surface area contributed by atoms with Gasteiger partial charge in [-0.2, -0.15) is 5.10 Å². The molecular formula is C15H21N3O. The summed E-state index contributed by atoms with van der Waals surface area (Å²) in [6.07, 6.45) is 0.761. The lowest BCUT2D eigenvalue weighted by atomic mass is 9.90. The highest BCUT2D eigenvalue weighted by Gasteiger charge is 2.17. The highest BCUT2D eigenvalue weighted by Crippen LogP contribution is 2.25. The van der Waals surface area contributed by atoms with Crippen LogP contribution in [0, 0.1) is 12.3 Å². The van der Waals surface area contributed by atoms with E-state index in [1.807, 2.05) is 19.1 Å². The van der Waals surface area contributed by atoms with E-state index in [4.69, 9.17) is 5.11 Å². The number of nitrogens with one attached hydrogen (secondary N) is 1. The quantitative estimate of drug-likeness (QED) is 0.867. The van der Waals surface area contributed by atoms with Crippen molar-refractivity contribution in [3.05, 3.63) is 30.0 Å². The number of benzene rings is 1. The highest BCUT2D eigenvalue weighted by molar-refractivity contribution is 5.92. The Kier molecular flexibility index (Phi) is 4.00. The number of aliphatic hydroxyl groups excluding tert-OH is 1. The second-order valence-electron chi connectivity index (χ2n) is 5.67. The minimum atomic E-state index is 0.0302. The first-order valence-corrected chi connectivity index (χ1v) is 6.60. The third kappa shape index (κ3) is 3.20. The van der Waals surface area contributed by atoms with Gasteiger partial charge in [-0.1, -0.05) is 38.1 Å². The number of nitrogens with zero attached hydrogens (tertiary/aromatic N) is 2. The van der Waals surface area contributed by atoms with Gasteiger partial charge in [-0.25, -0.2) is 0 Å². The van der Waals surface area contributed by atoms with Crippen molar-refractivity contribution >= 4 is 16.6 Å². The van der Waals surface area contributed by atoms with Crippen molar-refractivity contribution in [2.45, 2.75) is 27.2 Å². The molecule has 2 N–H and O–H groups in total. The molecule has 4 heteroatoms. The summed E-state index contributed by atoms with van der Waals surface area (Å²) in [6, 6.07) is 8.13. The van der Waals surface area contributed by atoms with Crippen LogP contribution in [0.25, 0.3) is 10.8 Å². The van der Waals surface area contributed by atoms with E-state index >= 15 is 0 Å². The molecule has 0 spiro atoms. The molecular weight excluding hydrogens is 238 g/mol. The molecule has 0 aliphatic heterocycles. The van der Waals surface area contributed by atoms with Gasteiger partial charge in [-0.05, 0) is 18.8 Å². The Morgan fingerprint density at radius 2 is 1.84 bits per heavy atom. The average Bonchev–Trinajstić information content (AvgIpc) is 2.38. The molecule has 0 aliphatic carbocycles.